The molecule has 3 fully saturated rings. The third kappa shape index (κ3) is 3.47. The van der Waals surface area contributed by atoms with Crippen LogP contribution in [0.15, 0.2) is 48.5 Å². The van der Waals surface area contributed by atoms with E-state index in [4.69, 9.17) is 0 Å². The van der Waals surface area contributed by atoms with Gasteiger partial charge in [-0.05, 0) is 28.7 Å². The average molecular weight is 434 g/mol. The minimum Gasteiger partial charge on any atom is -0.305 e. The molecule has 3 aliphatic heterocycles. The highest BCUT2D eigenvalue weighted by molar-refractivity contribution is 5.32. The van der Waals surface area contributed by atoms with Crippen LogP contribution in [-0.2, 0) is 12.4 Å². The lowest BCUT2D eigenvalue weighted by Crippen LogP contribution is -2.72. The number of alkyl halides is 6. The normalized spacial score (nSPS) is 31.7. The summed E-state index contributed by atoms with van der Waals surface area (Å²) < 4.78 is 93.3. The fourth-order valence-electron chi connectivity index (χ4n) is 4.89. The van der Waals surface area contributed by atoms with Crippen LogP contribution in [-0.4, -0.2) is 42.4 Å². The molecular formula is C21H21F7N2+2. The number of quaternary nitrogens is 2. The Labute approximate surface area is 169 Å². The maximum atomic E-state index is 15.9. The largest absolute Gasteiger partial charge is 0.416 e. The molecular weight excluding hydrogens is 413 g/mol. The number of hydrogen-bond acceptors (Lipinski definition) is 0. The van der Waals surface area contributed by atoms with E-state index >= 15 is 4.48 Å². The second-order valence-corrected chi connectivity index (χ2v) is 8.43. The molecule has 9 heteroatoms. The third-order valence-electron chi connectivity index (χ3n) is 6.59. The van der Waals surface area contributed by atoms with Gasteiger partial charge in [-0.3, -0.25) is 0 Å². The van der Waals surface area contributed by atoms with Gasteiger partial charge >= 0.3 is 12.4 Å². The molecule has 3 heterocycles. The van der Waals surface area contributed by atoms with E-state index in [1.807, 2.05) is 7.05 Å². The Bertz CT molecular complexity index is 831. The van der Waals surface area contributed by atoms with Gasteiger partial charge in [0.25, 0.3) is 0 Å². The van der Waals surface area contributed by atoms with E-state index in [2.05, 4.69) is 0 Å². The van der Waals surface area contributed by atoms with Crippen molar-refractivity contribution >= 4 is 0 Å². The second kappa shape index (κ2) is 6.68. The lowest BCUT2D eigenvalue weighted by atomic mass is 9.83. The zero-order chi connectivity index (χ0) is 21.9. The first-order chi connectivity index (χ1) is 13.8. The number of hydrogen-bond donors (Lipinski definition) is 0. The smallest absolute Gasteiger partial charge is 0.305 e. The molecule has 5 rings (SSSR count). The molecule has 2 bridgehead atoms. The van der Waals surface area contributed by atoms with Gasteiger partial charge in [0, 0.05) is 11.1 Å². The summed E-state index contributed by atoms with van der Waals surface area (Å²) in [5.41, 5.74) is -0.645. The molecule has 0 N–H and O–H groups in total. The maximum Gasteiger partial charge on any atom is 0.416 e. The molecule has 0 spiro atoms. The number of halogens is 7. The first kappa shape index (κ1) is 21.1. The van der Waals surface area contributed by atoms with E-state index in [1.165, 1.54) is 24.3 Å². The zero-order valence-electron chi connectivity index (χ0n) is 16.1. The molecule has 0 amide bonds. The fourth-order valence-corrected chi connectivity index (χ4v) is 4.89. The van der Waals surface area contributed by atoms with Gasteiger partial charge in [0.05, 0.1) is 18.2 Å². The van der Waals surface area contributed by atoms with E-state index < -0.39 is 40.3 Å². The lowest BCUT2D eigenvalue weighted by Gasteiger charge is -2.57. The minimum atomic E-state index is -4.50. The SMILES string of the molecule is C[N+]12CC[N+](F)(CC1)C(c1ccc(C(F)(F)F)cc1)C2c1ccc(C(F)(F)F)cc1. The Hall–Kier alpha value is -2.13. The van der Waals surface area contributed by atoms with Crippen molar-refractivity contribution in [3.8, 4) is 0 Å². The summed E-state index contributed by atoms with van der Waals surface area (Å²) in [6, 6.07) is 7.83. The van der Waals surface area contributed by atoms with Gasteiger partial charge in [0.2, 0.25) is 6.04 Å². The molecule has 0 aromatic heterocycles. The number of likely N-dealkylation sites (N-methyl/N-ethyl adjacent to an activating group) is 1. The van der Waals surface area contributed by atoms with E-state index in [0.29, 0.717) is 28.7 Å². The standard InChI is InChI=1S/C21H21F7N2/c1-29-10-12-30(28,13-11-29)19(15-4-8-17(9-5-15)21(25,26)27)18(29)14-2-6-16(7-3-14)20(22,23)24/h2-9,18-19H,10-13H2,1H3/q+2. The summed E-state index contributed by atoms with van der Waals surface area (Å²) in [6.45, 7) is 1.41. The van der Waals surface area contributed by atoms with Crippen molar-refractivity contribution < 1.29 is 40.0 Å². The molecule has 2 unspecified atom stereocenters. The Balaban J connectivity index is 1.78. The minimum absolute atomic E-state index is 0.208. The first-order valence-corrected chi connectivity index (χ1v) is 9.58. The first-order valence-electron chi connectivity index (χ1n) is 9.58. The Morgan fingerprint density at radius 1 is 0.633 bits per heavy atom. The van der Waals surface area contributed by atoms with Crippen molar-refractivity contribution in [3.63, 3.8) is 0 Å². The second-order valence-electron chi connectivity index (χ2n) is 8.43. The Morgan fingerprint density at radius 3 is 1.37 bits per heavy atom. The van der Waals surface area contributed by atoms with E-state index in [1.54, 1.807) is 0 Å². The highest BCUT2D eigenvalue weighted by Crippen LogP contribution is 2.53. The number of rotatable bonds is 2. The van der Waals surface area contributed by atoms with Crippen molar-refractivity contribution in [1.82, 2.24) is 0 Å². The van der Waals surface area contributed by atoms with Gasteiger partial charge in [-0.1, -0.05) is 24.3 Å². The number of fused-ring (bicyclic) bond motifs is 3. The van der Waals surface area contributed by atoms with E-state index in [0.717, 1.165) is 24.3 Å². The fraction of sp³-hybridized carbons (Fsp3) is 0.429. The average Bonchev–Trinajstić information content (AvgIpc) is 2.67. The van der Waals surface area contributed by atoms with Crippen molar-refractivity contribution in [2.24, 2.45) is 0 Å². The van der Waals surface area contributed by atoms with Crippen LogP contribution in [0.25, 0.3) is 0 Å². The molecule has 2 nitrogen and oxygen atoms in total. The number of nitrogens with zero attached hydrogens (tertiary/aromatic N) is 2. The number of piperazine rings is 3. The van der Waals surface area contributed by atoms with Gasteiger partial charge in [-0.25, -0.2) is 0 Å². The van der Waals surface area contributed by atoms with Gasteiger partial charge in [-0.2, -0.15) is 26.3 Å². The molecule has 2 aromatic rings. The predicted octanol–water partition coefficient (Wildman–Crippen LogP) is 5.68. The summed E-state index contributed by atoms with van der Waals surface area (Å²) in [4.78, 5) is 0. The van der Waals surface area contributed by atoms with Gasteiger partial charge < -0.3 is 4.48 Å². The van der Waals surface area contributed by atoms with Gasteiger partial charge in [0.15, 0.2) is 19.1 Å². The highest BCUT2D eigenvalue weighted by atomic mass is 19.4. The highest BCUT2D eigenvalue weighted by Gasteiger charge is 2.63. The molecule has 162 valence electrons. The Morgan fingerprint density at radius 2 is 1.00 bits per heavy atom. The third-order valence-corrected chi connectivity index (χ3v) is 6.59. The molecule has 0 radical (unpaired) electrons. The van der Waals surface area contributed by atoms with E-state index in [9.17, 15) is 26.3 Å². The summed E-state index contributed by atoms with van der Waals surface area (Å²) in [6.07, 6.45) is -8.98. The molecule has 30 heavy (non-hydrogen) atoms. The van der Waals surface area contributed by atoms with Crippen LogP contribution in [0.4, 0.5) is 30.8 Å². The van der Waals surface area contributed by atoms with Crippen LogP contribution < -0.4 is 0 Å². The zero-order valence-corrected chi connectivity index (χ0v) is 16.1. The summed E-state index contributed by atoms with van der Waals surface area (Å²) in [5, 5.41) is 0. The summed E-state index contributed by atoms with van der Waals surface area (Å²) >= 11 is 0. The van der Waals surface area contributed by atoms with Crippen LogP contribution in [0.1, 0.15) is 34.3 Å². The van der Waals surface area contributed by atoms with Crippen LogP contribution >= 0.6 is 0 Å². The van der Waals surface area contributed by atoms with Gasteiger partial charge in [0.1, 0.15) is 13.1 Å². The van der Waals surface area contributed by atoms with E-state index in [-0.39, 0.29) is 13.1 Å². The van der Waals surface area contributed by atoms with Crippen LogP contribution in [0.3, 0.4) is 0 Å². The summed E-state index contributed by atoms with van der Waals surface area (Å²) in [7, 11) is 1.93. The van der Waals surface area contributed by atoms with Crippen LogP contribution in [0.5, 0.6) is 0 Å². The molecule has 3 aliphatic rings. The quantitative estimate of drug-likeness (QED) is 0.324. The maximum absolute atomic E-state index is 15.9. The van der Waals surface area contributed by atoms with Crippen molar-refractivity contribution in [2.45, 2.75) is 24.4 Å². The van der Waals surface area contributed by atoms with Crippen molar-refractivity contribution in [1.29, 1.82) is 0 Å². The number of benzene rings is 2. The van der Waals surface area contributed by atoms with Crippen LogP contribution in [0, 0.1) is 0 Å². The molecule has 2 atom stereocenters. The monoisotopic (exact) mass is 434 g/mol. The summed E-state index contributed by atoms with van der Waals surface area (Å²) in [5.74, 6) is 0. The molecule has 0 aliphatic carbocycles. The Kier molecular flexibility index (Phi) is 4.70. The van der Waals surface area contributed by atoms with Crippen molar-refractivity contribution in [2.75, 3.05) is 33.2 Å². The molecule has 2 aromatic carbocycles. The topological polar surface area (TPSA) is 0 Å². The molecule has 3 saturated heterocycles. The van der Waals surface area contributed by atoms with Crippen LogP contribution in [0.2, 0.25) is 0 Å². The molecule has 0 saturated carbocycles. The predicted molar refractivity (Wildman–Crippen MR) is 95.4 cm³/mol. The van der Waals surface area contributed by atoms with Gasteiger partial charge in [-0.15, -0.1) is 4.71 Å². The lowest BCUT2D eigenvalue weighted by molar-refractivity contribution is -1.18. The van der Waals surface area contributed by atoms with Crippen molar-refractivity contribution in [3.05, 3.63) is 70.8 Å².